The van der Waals surface area contributed by atoms with Crippen LogP contribution in [0.3, 0.4) is 0 Å². The van der Waals surface area contributed by atoms with Gasteiger partial charge in [-0.3, -0.25) is 4.98 Å². The molecule has 1 heterocycles. The molecule has 0 aliphatic heterocycles. The molecule has 0 radical (unpaired) electrons. The first-order chi connectivity index (χ1) is 7.83. The number of aromatic nitrogens is 1. The van der Waals surface area contributed by atoms with Crippen molar-refractivity contribution in [1.29, 1.82) is 0 Å². The molecule has 16 heavy (non-hydrogen) atoms. The predicted molar refractivity (Wildman–Crippen MR) is 71.7 cm³/mol. The number of rotatable bonds is 2. The lowest BCUT2D eigenvalue weighted by Gasteiger charge is -2.01. The third kappa shape index (κ3) is 3.34. The molecule has 0 N–H and O–H groups in total. The first-order valence-electron chi connectivity index (χ1n) is 6.16. The molecule has 0 aliphatic carbocycles. The second-order valence-electron chi connectivity index (χ2n) is 3.84. The summed E-state index contributed by atoms with van der Waals surface area (Å²) in [6, 6.07) is 10.4. The zero-order valence-electron chi connectivity index (χ0n) is 10.5. The third-order valence-corrected chi connectivity index (χ3v) is 2.62. The average Bonchev–Trinajstić information content (AvgIpc) is 2.38. The number of pyridine rings is 1. The third-order valence-electron chi connectivity index (χ3n) is 2.62. The number of nitrogens with zero attached hydrogens (tertiary/aromatic N) is 1. The minimum absolute atomic E-state index is 1.07. The van der Waals surface area contributed by atoms with Crippen LogP contribution in [-0.4, -0.2) is 4.98 Å². The predicted octanol–water partition coefficient (Wildman–Crippen LogP) is 4.60. The minimum Gasteiger partial charge on any atom is -0.256 e. The molecule has 0 amide bonds. The van der Waals surface area contributed by atoms with Gasteiger partial charge < -0.3 is 0 Å². The highest BCUT2D eigenvalue weighted by atomic mass is 14.6. The Morgan fingerprint density at radius 3 is 2.31 bits per heavy atom. The summed E-state index contributed by atoms with van der Waals surface area (Å²) >= 11 is 0. The van der Waals surface area contributed by atoms with Crippen LogP contribution in [0.4, 0.5) is 0 Å². The highest BCUT2D eigenvalue weighted by Gasteiger charge is 1.96. The van der Waals surface area contributed by atoms with E-state index in [-0.39, 0.29) is 0 Å². The Bertz CT molecular complexity index is 413. The van der Waals surface area contributed by atoms with Gasteiger partial charge >= 0.3 is 0 Å². The highest BCUT2D eigenvalue weighted by Crippen LogP contribution is 2.16. The SMILES string of the molecule is CCCC.CCc1cccc2ncccc12. The fraction of sp³-hybridized carbons (Fsp3) is 0.400. The van der Waals surface area contributed by atoms with E-state index in [1.807, 2.05) is 12.3 Å². The van der Waals surface area contributed by atoms with Crippen molar-refractivity contribution in [3.63, 3.8) is 0 Å². The number of benzene rings is 1. The average molecular weight is 215 g/mol. The van der Waals surface area contributed by atoms with E-state index < -0.39 is 0 Å². The van der Waals surface area contributed by atoms with Crippen LogP contribution in [0.1, 0.15) is 39.2 Å². The van der Waals surface area contributed by atoms with E-state index in [2.05, 4.69) is 50.0 Å². The summed E-state index contributed by atoms with van der Waals surface area (Å²) in [7, 11) is 0. The fourth-order valence-corrected chi connectivity index (χ4v) is 1.48. The molecule has 0 bridgehead atoms. The lowest BCUT2D eigenvalue weighted by molar-refractivity contribution is 0.886. The molecule has 2 rings (SSSR count). The second kappa shape index (κ2) is 7.00. The largest absolute Gasteiger partial charge is 0.256 e. The smallest absolute Gasteiger partial charge is 0.0704 e. The number of aryl methyl sites for hydroxylation is 1. The van der Waals surface area contributed by atoms with Crippen LogP contribution in [0.15, 0.2) is 36.5 Å². The van der Waals surface area contributed by atoms with E-state index in [0.29, 0.717) is 0 Å². The Hall–Kier alpha value is -1.37. The molecule has 1 aromatic carbocycles. The molecule has 1 aromatic heterocycles. The quantitative estimate of drug-likeness (QED) is 0.713. The zero-order valence-corrected chi connectivity index (χ0v) is 10.5. The van der Waals surface area contributed by atoms with E-state index in [9.17, 15) is 0 Å². The first kappa shape index (κ1) is 12.7. The summed E-state index contributed by atoms with van der Waals surface area (Å²) in [6.45, 7) is 6.53. The van der Waals surface area contributed by atoms with Crippen molar-refractivity contribution in [2.45, 2.75) is 40.0 Å². The Balaban J connectivity index is 0.000000280. The molecule has 0 fully saturated rings. The molecule has 1 heteroatoms. The van der Waals surface area contributed by atoms with Crippen molar-refractivity contribution < 1.29 is 0 Å². The van der Waals surface area contributed by atoms with Crippen LogP contribution < -0.4 is 0 Å². The molecule has 0 saturated carbocycles. The summed E-state index contributed by atoms with van der Waals surface area (Å²) in [5.74, 6) is 0. The normalized spacial score (nSPS) is 9.69. The number of hydrogen-bond acceptors (Lipinski definition) is 1. The molecule has 0 atom stereocenters. The maximum absolute atomic E-state index is 4.29. The van der Waals surface area contributed by atoms with Crippen molar-refractivity contribution in [2.24, 2.45) is 0 Å². The van der Waals surface area contributed by atoms with Crippen LogP contribution >= 0.6 is 0 Å². The monoisotopic (exact) mass is 215 g/mol. The van der Waals surface area contributed by atoms with Crippen molar-refractivity contribution in [2.75, 3.05) is 0 Å². The maximum Gasteiger partial charge on any atom is 0.0704 e. The number of fused-ring (bicyclic) bond motifs is 1. The van der Waals surface area contributed by atoms with Gasteiger partial charge in [0.05, 0.1) is 5.52 Å². The van der Waals surface area contributed by atoms with Crippen LogP contribution in [0.25, 0.3) is 10.9 Å². The summed E-state index contributed by atoms with van der Waals surface area (Å²) in [6.07, 6.45) is 5.55. The zero-order chi connectivity index (χ0) is 11.8. The van der Waals surface area contributed by atoms with Gasteiger partial charge in [0, 0.05) is 11.6 Å². The summed E-state index contributed by atoms with van der Waals surface area (Å²) in [5.41, 5.74) is 2.47. The molecule has 0 saturated heterocycles. The molecule has 2 aromatic rings. The summed E-state index contributed by atoms with van der Waals surface area (Å²) in [4.78, 5) is 4.29. The van der Waals surface area contributed by atoms with Crippen LogP contribution in [0.2, 0.25) is 0 Å². The van der Waals surface area contributed by atoms with Crippen molar-refractivity contribution in [1.82, 2.24) is 4.98 Å². The topological polar surface area (TPSA) is 12.9 Å². The Labute approximate surface area is 98.5 Å². The first-order valence-corrected chi connectivity index (χ1v) is 6.16. The van der Waals surface area contributed by atoms with Crippen molar-refractivity contribution in [3.8, 4) is 0 Å². The standard InChI is InChI=1S/C11H11N.C4H10/c1-2-9-5-3-7-11-10(9)6-4-8-12-11;1-3-4-2/h3-8H,2H2,1H3;3-4H2,1-2H3. The molecule has 0 spiro atoms. The molecule has 86 valence electrons. The van der Waals surface area contributed by atoms with E-state index in [1.54, 1.807) is 0 Å². The van der Waals surface area contributed by atoms with Gasteiger partial charge in [0.15, 0.2) is 0 Å². The van der Waals surface area contributed by atoms with Gasteiger partial charge in [0.25, 0.3) is 0 Å². The van der Waals surface area contributed by atoms with Crippen molar-refractivity contribution in [3.05, 3.63) is 42.1 Å². The van der Waals surface area contributed by atoms with Gasteiger partial charge in [-0.25, -0.2) is 0 Å². The Morgan fingerprint density at radius 1 is 0.938 bits per heavy atom. The van der Waals surface area contributed by atoms with E-state index >= 15 is 0 Å². The number of hydrogen-bond donors (Lipinski definition) is 0. The molecular formula is C15H21N. The van der Waals surface area contributed by atoms with E-state index in [0.717, 1.165) is 11.9 Å². The second-order valence-corrected chi connectivity index (χ2v) is 3.84. The van der Waals surface area contributed by atoms with Gasteiger partial charge in [-0.1, -0.05) is 51.8 Å². The number of unbranched alkanes of at least 4 members (excludes halogenated alkanes) is 1. The van der Waals surface area contributed by atoms with Crippen LogP contribution in [0, 0.1) is 0 Å². The lowest BCUT2D eigenvalue weighted by atomic mass is 10.1. The van der Waals surface area contributed by atoms with Crippen molar-refractivity contribution >= 4 is 10.9 Å². The summed E-state index contributed by atoms with van der Waals surface area (Å²) < 4.78 is 0. The molecular weight excluding hydrogens is 194 g/mol. The van der Waals surface area contributed by atoms with E-state index in [4.69, 9.17) is 0 Å². The van der Waals surface area contributed by atoms with Gasteiger partial charge in [-0.05, 0) is 24.1 Å². The van der Waals surface area contributed by atoms with Gasteiger partial charge in [-0.15, -0.1) is 0 Å². The maximum atomic E-state index is 4.29. The Morgan fingerprint density at radius 2 is 1.69 bits per heavy atom. The molecule has 0 unspecified atom stereocenters. The van der Waals surface area contributed by atoms with Gasteiger partial charge in [-0.2, -0.15) is 0 Å². The molecule has 1 nitrogen and oxygen atoms in total. The van der Waals surface area contributed by atoms with Crippen LogP contribution in [0.5, 0.6) is 0 Å². The minimum atomic E-state index is 1.07. The van der Waals surface area contributed by atoms with Gasteiger partial charge in [0.2, 0.25) is 0 Å². The Kier molecular flexibility index (Phi) is 5.55. The lowest BCUT2D eigenvalue weighted by Crippen LogP contribution is -1.84. The van der Waals surface area contributed by atoms with Gasteiger partial charge in [0.1, 0.15) is 0 Å². The summed E-state index contributed by atoms with van der Waals surface area (Å²) in [5, 5.41) is 1.28. The van der Waals surface area contributed by atoms with E-state index in [1.165, 1.54) is 23.8 Å². The van der Waals surface area contributed by atoms with Crippen LogP contribution in [-0.2, 0) is 6.42 Å². The highest BCUT2D eigenvalue weighted by molar-refractivity contribution is 5.81. The fourth-order valence-electron chi connectivity index (χ4n) is 1.48. The molecule has 0 aliphatic rings.